The zero-order chi connectivity index (χ0) is 15.5. The van der Waals surface area contributed by atoms with Gasteiger partial charge >= 0.3 is 5.97 Å². The van der Waals surface area contributed by atoms with Gasteiger partial charge in [-0.05, 0) is 17.7 Å². The van der Waals surface area contributed by atoms with Crippen molar-refractivity contribution in [1.29, 1.82) is 0 Å². The highest BCUT2D eigenvalue weighted by atomic mass is 16.5. The highest BCUT2D eigenvalue weighted by Crippen LogP contribution is 2.20. The summed E-state index contributed by atoms with van der Waals surface area (Å²) >= 11 is 0. The van der Waals surface area contributed by atoms with Crippen LogP contribution in [0.5, 0.6) is 0 Å². The molecule has 0 atom stereocenters. The molecule has 0 unspecified atom stereocenters. The molecule has 0 spiro atoms. The Hall–Kier alpha value is -2.89. The van der Waals surface area contributed by atoms with Crippen LogP contribution in [0.2, 0.25) is 0 Å². The second-order valence-corrected chi connectivity index (χ2v) is 4.88. The van der Waals surface area contributed by atoms with Gasteiger partial charge in [0.2, 0.25) is 5.78 Å². The van der Waals surface area contributed by atoms with Gasteiger partial charge in [0.15, 0.2) is 0 Å². The number of benzene rings is 1. The lowest BCUT2D eigenvalue weighted by atomic mass is 10.1. The summed E-state index contributed by atoms with van der Waals surface area (Å²) in [4.78, 5) is 19.8. The molecule has 6 nitrogen and oxygen atoms in total. The van der Waals surface area contributed by atoms with E-state index in [1.807, 2.05) is 54.2 Å². The maximum atomic E-state index is 10.9. The summed E-state index contributed by atoms with van der Waals surface area (Å²) < 4.78 is 6.89. The highest BCUT2D eigenvalue weighted by molar-refractivity contribution is 5.66. The number of carbonyl (C=O) groups excluding carboxylic acids is 1. The van der Waals surface area contributed by atoms with Crippen LogP contribution in [0.3, 0.4) is 0 Å². The minimum atomic E-state index is -0.290. The Kier molecular flexibility index (Phi) is 3.74. The van der Waals surface area contributed by atoms with Crippen LogP contribution in [-0.4, -0.2) is 27.4 Å². The topological polar surface area (TPSA) is 68.5 Å². The van der Waals surface area contributed by atoms with Crippen LogP contribution in [0, 0.1) is 0 Å². The first kappa shape index (κ1) is 14.1. The third kappa shape index (κ3) is 2.90. The number of carbonyl (C=O) groups is 1. The number of imidazole rings is 1. The van der Waals surface area contributed by atoms with Crippen LogP contribution in [-0.2, 0) is 16.1 Å². The first-order valence-electron chi connectivity index (χ1n) is 6.92. The minimum absolute atomic E-state index is 0.263. The van der Waals surface area contributed by atoms with Crippen molar-refractivity contribution in [3.8, 4) is 11.3 Å². The Labute approximate surface area is 127 Å². The fraction of sp³-hybridized carbons (Fsp3) is 0.188. The number of fused-ring (bicyclic) bond motifs is 1. The molecule has 0 saturated heterocycles. The molecule has 1 N–H and O–H groups in total. The highest BCUT2D eigenvalue weighted by Gasteiger charge is 2.07. The minimum Gasteiger partial charge on any atom is -0.461 e. The molecular weight excluding hydrogens is 280 g/mol. The molecule has 0 aliphatic carbocycles. The van der Waals surface area contributed by atoms with E-state index in [-0.39, 0.29) is 12.6 Å². The van der Waals surface area contributed by atoms with E-state index >= 15 is 0 Å². The van der Waals surface area contributed by atoms with Crippen LogP contribution >= 0.6 is 0 Å². The predicted octanol–water partition coefficient (Wildman–Crippen LogP) is 2.50. The molecule has 1 aromatic carbocycles. The van der Waals surface area contributed by atoms with Gasteiger partial charge in [-0.1, -0.05) is 18.2 Å². The lowest BCUT2D eigenvalue weighted by Gasteiger charge is -2.03. The molecule has 3 aromatic rings. The molecule has 0 saturated carbocycles. The Morgan fingerprint density at radius 1 is 1.32 bits per heavy atom. The van der Waals surface area contributed by atoms with E-state index in [4.69, 9.17) is 4.74 Å². The zero-order valence-electron chi connectivity index (χ0n) is 12.4. The van der Waals surface area contributed by atoms with Gasteiger partial charge in [-0.25, -0.2) is 4.98 Å². The predicted molar refractivity (Wildman–Crippen MR) is 83.4 cm³/mol. The molecule has 0 aliphatic rings. The van der Waals surface area contributed by atoms with Crippen molar-refractivity contribution in [2.24, 2.45) is 0 Å². The largest absolute Gasteiger partial charge is 0.461 e. The molecule has 112 valence electrons. The van der Waals surface area contributed by atoms with Gasteiger partial charge in [0.25, 0.3) is 0 Å². The van der Waals surface area contributed by atoms with E-state index in [0.717, 1.165) is 22.6 Å². The standard InChI is InChI=1S/C16H16N4O2/c1-11(21)22-10-12-4-3-5-13(8-12)14-9-20-7-6-15(17-2)19-16(20)18-14/h3-9H,10H2,1-2H3,(H,17,18,19). The van der Waals surface area contributed by atoms with Crippen LogP contribution in [0.25, 0.3) is 17.0 Å². The average molecular weight is 296 g/mol. The Bertz CT molecular complexity index is 826. The van der Waals surface area contributed by atoms with E-state index in [1.54, 1.807) is 0 Å². The lowest BCUT2D eigenvalue weighted by molar-refractivity contribution is -0.142. The molecule has 2 aromatic heterocycles. The number of hydrogen-bond donors (Lipinski definition) is 1. The van der Waals surface area contributed by atoms with Gasteiger partial charge in [0.05, 0.1) is 5.69 Å². The number of rotatable bonds is 4. The molecule has 0 amide bonds. The summed E-state index contributed by atoms with van der Waals surface area (Å²) in [7, 11) is 1.82. The summed E-state index contributed by atoms with van der Waals surface area (Å²) in [6.45, 7) is 1.66. The van der Waals surface area contributed by atoms with E-state index in [2.05, 4.69) is 15.3 Å². The fourth-order valence-electron chi connectivity index (χ4n) is 2.16. The fourth-order valence-corrected chi connectivity index (χ4v) is 2.16. The number of hydrogen-bond acceptors (Lipinski definition) is 5. The normalized spacial score (nSPS) is 10.6. The number of ether oxygens (including phenoxy) is 1. The summed E-state index contributed by atoms with van der Waals surface area (Å²) in [5.74, 6) is 1.11. The molecule has 0 radical (unpaired) electrons. The lowest BCUT2D eigenvalue weighted by Crippen LogP contribution is -1.98. The third-order valence-corrected chi connectivity index (χ3v) is 3.25. The van der Waals surface area contributed by atoms with Crippen LogP contribution in [0.15, 0.2) is 42.7 Å². The van der Waals surface area contributed by atoms with Crippen molar-refractivity contribution in [2.45, 2.75) is 13.5 Å². The Balaban J connectivity index is 1.93. The third-order valence-electron chi connectivity index (χ3n) is 3.25. The first-order valence-corrected chi connectivity index (χ1v) is 6.92. The summed E-state index contributed by atoms with van der Waals surface area (Å²) in [5, 5.41) is 2.99. The molecular formula is C16H16N4O2. The van der Waals surface area contributed by atoms with Crippen molar-refractivity contribution in [3.63, 3.8) is 0 Å². The van der Waals surface area contributed by atoms with Crippen molar-refractivity contribution < 1.29 is 9.53 Å². The molecule has 0 fully saturated rings. The smallest absolute Gasteiger partial charge is 0.302 e. The second-order valence-electron chi connectivity index (χ2n) is 4.88. The second kappa shape index (κ2) is 5.85. The molecule has 6 heteroatoms. The number of anilines is 1. The van der Waals surface area contributed by atoms with Crippen molar-refractivity contribution >= 4 is 17.6 Å². The number of esters is 1. The molecule has 0 aliphatic heterocycles. The van der Waals surface area contributed by atoms with Gasteiger partial charge < -0.3 is 10.1 Å². The zero-order valence-corrected chi connectivity index (χ0v) is 12.4. The number of nitrogens with one attached hydrogen (secondary N) is 1. The number of aromatic nitrogens is 3. The average Bonchev–Trinajstić information content (AvgIpc) is 2.96. The Morgan fingerprint density at radius 3 is 2.95 bits per heavy atom. The van der Waals surface area contributed by atoms with Gasteiger partial charge in [0.1, 0.15) is 12.4 Å². The molecule has 3 rings (SSSR count). The first-order chi connectivity index (χ1) is 10.7. The summed E-state index contributed by atoms with van der Waals surface area (Å²) in [6.07, 6.45) is 3.83. The van der Waals surface area contributed by atoms with E-state index < -0.39 is 0 Å². The van der Waals surface area contributed by atoms with Crippen molar-refractivity contribution in [2.75, 3.05) is 12.4 Å². The number of nitrogens with zero attached hydrogens (tertiary/aromatic N) is 3. The SMILES string of the molecule is CNc1ccn2cc(-c3cccc(COC(C)=O)c3)nc2n1. The molecule has 22 heavy (non-hydrogen) atoms. The van der Waals surface area contributed by atoms with Gasteiger partial charge in [-0.15, -0.1) is 0 Å². The maximum Gasteiger partial charge on any atom is 0.302 e. The van der Waals surface area contributed by atoms with E-state index in [9.17, 15) is 4.79 Å². The van der Waals surface area contributed by atoms with Crippen molar-refractivity contribution in [1.82, 2.24) is 14.4 Å². The molecule has 0 bridgehead atoms. The monoisotopic (exact) mass is 296 g/mol. The van der Waals surface area contributed by atoms with Gasteiger partial charge in [0, 0.05) is 31.9 Å². The van der Waals surface area contributed by atoms with Gasteiger partial charge in [-0.2, -0.15) is 4.98 Å². The van der Waals surface area contributed by atoms with E-state index in [0.29, 0.717) is 5.78 Å². The van der Waals surface area contributed by atoms with Crippen LogP contribution < -0.4 is 5.32 Å². The summed E-state index contributed by atoms with van der Waals surface area (Å²) in [5.41, 5.74) is 2.71. The Morgan fingerprint density at radius 2 is 2.18 bits per heavy atom. The van der Waals surface area contributed by atoms with E-state index in [1.165, 1.54) is 6.92 Å². The quantitative estimate of drug-likeness (QED) is 0.749. The van der Waals surface area contributed by atoms with Gasteiger partial charge in [-0.3, -0.25) is 9.20 Å². The van der Waals surface area contributed by atoms with Crippen LogP contribution in [0.4, 0.5) is 5.82 Å². The molecule has 2 heterocycles. The maximum absolute atomic E-state index is 10.9. The van der Waals surface area contributed by atoms with Crippen LogP contribution in [0.1, 0.15) is 12.5 Å². The van der Waals surface area contributed by atoms with Crippen molar-refractivity contribution in [3.05, 3.63) is 48.3 Å². The summed E-state index contributed by atoms with van der Waals surface area (Å²) in [6, 6.07) is 9.65.